The summed E-state index contributed by atoms with van der Waals surface area (Å²) in [7, 11) is 0. The van der Waals surface area contributed by atoms with Crippen LogP contribution in [0, 0.1) is 29.1 Å². The highest BCUT2D eigenvalue weighted by Crippen LogP contribution is 2.76. The highest BCUT2D eigenvalue weighted by molar-refractivity contribution is 6.04. The standard InChI is InChI=1S/C32H38O9/c1-17-11-25-30(37,28(17)36)15-22(16-39-19(3)33)12-24-27-29(5,6)31(27,14-18(2)32(24,25)38)41-26(35)13-21-7-9-23(10-8-21)40-20(4)34/h7-12,18,24-25,27,37-38H,13-16H2,1-6H3. The van der Waals surface area contributed by atoms with E-state index in [0.29, 0.717) is 28.9 Å². The summed E-state index contributed by atoms with van der Waals surface area (Å²) >= 11 is 0. The predicted molar refractivity (Wildman–Crippen MR) is 146 cm³/mol. The second-order valence-electron chi connectivity index (χ2n) is 12.9. The SMILES string of the molecule is CC(=O)OCC1=CC2C3C(C)(C)C3(OC(=O)Cc3ccc(OC(C)=O)cc3)CC(C)C2(O)C2C=C(C)C(=O)C2(O)C1. The first-order valence-electron chi connectivity index (χ1n) is 14.1. The monoisotopic (exact) mass is 566 g/mol. The molecular weight excluding hydrogens is 528 g/mol. The Morgan fingerprint density at radius 1 is 1.02 bits per heavy atom. The van der Waals surface area contributed by atoms with Gasteiger partial charge >= 0.3 is 17.9 Å². The molecule has 7 unspecified atom stereocenters. The topological polar surface area (TPSA) is 136 Å². The molecule has 2 saturated carbocycles. The highest BCUT2D eigenvalue weighted by Gasteiger charge is 2.83. The fourth-order valence-electron chi connectivity index (χ4n) is 8.03. The lowest BCUT2D eigenvalue weighted by atomic mass is 9.60. The molecule has 1 aromatic rings. The minimum absolute atomic E-state index is 0.0145. The number of rotatable bonds is 6. The number of benzene rings is 1. The van der Waals surface area contributed by atoms with E-state index in [1.165, 1.54) is 13.8 Å². The number of Topliss-reactive ketones (excluding diaryl/α,β-unsaturated/α-hetero) is 1. The first-order valence-corrected chi connectivity index (χ1v) is 14.1. The Kier molecular flexibility index (Phi) is 6.86. The Hall–Kier alpha value is -3.30. The van der Waals surface area contributed by atoms with Crippen molar-refractivity contribution in [2.75, 3.05) is 6.61 Å². The molecule has 0 aliphatic heterocycles. The molecule has 9 heteroatoms. The summed E-state index contributed by atoms with van der Waals surface area (Å²) in [5, 5.41) is 24.3. The number of hydrogen-bond donors (Lipinski definition) is 2. The molecule has 5 rings (SSSR count). The molecule has 1 aromatic carbocycles. The molecule has 9 nitrogen and oxygen atoms in total. The maximum atomic E-state index is 13.3. The average molecular weight is 567 g/mol. The van der Waals surface area contributed by atoms with E-state index in [9.17, 15) is 29.4 Å². The lowest BCUT2D eigenvalue weighted by molar-refractivity contribution is -0.186. The average Bonchev–Trinajstić information content (AvgIpc) is 3.27. The Morgan fingerprint density at radius 3 is 2.29 bits per heavy atom. The van der Waals surface area contributed by atoms with Crippen LogP contribution in [-0.2, 0) is 35.1 Å². The molecule has 0 aromatic heterocycles. The van der Waals surface area contributed by atoms with Crippen LogP contribution < -0.4 is 4.74 Å². The normalized spacial score (nSPS) is 36.4. The largest absolute Gasteiger partial charge is 0.461 e. The van der Waals surface area contributed by atoms with Crippen molar-refractivity contribution in [3.63, 3.8) is 0 Å². The Labute approximate surface area is 239 Å². The number of aliphatic hydroxyl groups is 2. The number of esters is 3. The molecule has 0 spiro atoms. The fourth-order valence-corrected chi connectivity index (χ4v) is 8.03. The molecule has 0 saturated heterocycles. The Balaban J connectivity index is 1.47. The molecule has 0 radical (unpaired) electrons. The number of ketones is 1. The van der Waals surface area contributed by atoms with Gasteiger partial charge < -0.3 is 24.4 Å². The first-order chi connectivity index (χ1) is 19.1. The van der Waals surface area contributed by atoms with Crippen molar-refractivity contribution in [1.29, 1.82) is 0 Å². The van der Waals surface area contributed by atoms with Crippen LogP contribution >= 0.6 is 0 Å². The molecule has 7 atom stereocenters. The zero-order chi connectivity index (χ0) is 30.1. The van der Waals surface area contributed by atoms with Crippen molar-refractivity contribution >= 4 is 23.7 Å². The molecule has 220 valence electrons. The van der Waals surface area contributed by atoms with Gasteiger partial charge in [-0.3, -0.25) is 19.2 Å². The van der Waals surface area contributed by atoms with E-state index < -0.39 is 63.7 Å². The Bertz CT molecular complexity index is 1370. The van der Waals surface area contributed by atoms with E-state index >= 15 is 0 Å². The minimum Gasteiger partial charge on any atom is -0.461 e. The molecule has 0 heterocycles. The minimum atomic E-state index is -1.86. The fraction of sp³-hybridized carbons (Fsp3) is 0.562. The van der Waals surface area contributed by atoms with Gasteiger partial charge in [-0.2, -0.15) is 0 Å². The van der Waals surface area contributed by atoms with Crippen LogP contribution in [0.15, 0.2) is 47.6 Å². The van der Waals surface area contributed by atoms with Gasteiger partial charge in [0.15, 0.2) is 5.78 Å². The zero-order valence-electron chi connectivity index (χ0n) is 24.4. The van der Waals surface area contributed by atoms with Gasteiger partial charge in [-0.05, 0) is 48.1 Å². The van der Waals surface area contributed by atoms with Crippen molar-refractivity contribution in [2.45, 2.75) is 77.6 Å². The van der Waals surface area contributed by atoms with Crippen LogP contribution in [0.4, 0.5) is 0 Å². The number of carbonyl (C=O) groups excluding carboxylic acids is 4. The van der Waals surface area contributed by atoms with Crippen LogP contribution in [0.3, 0.4) is 0 Å². The smallest absolute Gasteiger partial charge is 0.310 e. The summed E-state index contributed by atoms with van der Waals surface area (Å²) in [5.41, 5.74) is -3.10. The molecule has 41 heavy (non-hydrogen) atoms. The number of hydrogen-bond acceptors (Lipinski definition) is 9. The predicted octanol–water partition coefficient (Wildman–Crippen LogP) is 3.25. The van der Waals surface area contributed by atoms with Gasteiger partial charge in [0.05, 0.1) is 12.0 Å². The maximum absolute atomic E-state index is 13.3. The summed E-state index contributed by atoms with van der Waals surface area (Å²) in [6.45, 7) is 10.0. The summed E-state index contributed by atoms with van der Waals surface area (Å²) in [5.74, 6) is -3.58. The third-order valence-electron chi connectivity index (χ3n) is 9.96. The summed E-state index contributed by atoms with van der Waals surface area (Å²) in [6, 6.07) is 6.65. The third-order valence-corrected chi connectivity index (χ3v) is 9.96. The molecule has 2 fully saturated rings. The van der Waals surface area contributed by atoms with Crippen LogP contribution in [0.1, 0.15) is 59.9 Å². The maximum Gasteiger partial charge on any atom is 0.310 e. The van der Waals surface area contributed by atoms with Crippen molar-refractivity contribution in [3.8, 4) is 5.75 Å². The summed E-state index contributed by atoms with van der Waals surface area (Å²) < 4.78 is 16.6. The van der Waals surface area contributed by atoms with Crippen LogP contribution in [0.5, 0.6) is 5.75 Å². The van der Waals surface area contributed by atoms with E-state index in [1.807, 2.05) is 26.8 Å². The van der Waals surface area contributed by atoms with E-state index in [4.69, 9.17) is 14.2 Å². The van der Waals surface area contributed by atoms with Crippen molar-refractivity contribution in [2.24, 2.45) is 29.1 Å². The number of ether oxygens (including phenoxy) is 3. The van der Waals surface area contributed by atoms with Gasteiger partial charge in [0, 0.05) is 43.4 Å². The molecule has 2 N–H and O–H groups in total. The van der Waals surface area contributed by atoms with E-state index in [2.05, 4.69) is 0 Å². The van der Waals surface area contributed by atoms with Crippen LogP contribution in [0.2, 0.25) is 0 Å². The molecular formula is C32H38O9. The highest BCUT2D eigenvalue weighted by atomic mass is 16.6. The zero-order valence-corrected chi connectivity index (χ0v) is 24.4. The van der Waals surface area contributed by atoms with Crippen LogP contribution in [-0.4, -0.2) is 57.3 Å². The van der Waals surface area contributed by atoms with Gasteiger partial charge in [-0.25, -0.2) is 0 Å². The van der Waals surface area contributed by atoms with E-state index in [-0.39, 0.29) is 25.4 Å². The lowest BCUT2D eigenvalue weighted by Gasteiger charge is -2.50. The van der Waals surface area contributed by atoms with Gasteiger partial charge in [-0.1, -0.05) is 45.1 Å². The quantitative estimate of drug-likeness (QED) is 0.302. The van der Waals surface area contributed by atoms with Gasteiger partial charge in [0.1, 0.15) is 23.6 Å². The van der Waals surface area contributed by atoms with Crippen molar-refractivity contribution in [3.05, 3.63) is 53.1 Å². The van der Waals surface area contributed by atoms with Crippen molar-refractivity contribution in [1.82, 2.24) is 0 Å². The first kappa shape index (κ1) is 29.2. The van der Waals surface area contributed by atoms with E-state index in [0.717, 1.165) is 0 Å². The summed E-state index contributed by atoms with van der Waals surface area (Å²) in [6.07, 6.45) is 3.84. The van der Waals surface area contributed by atoms with Gasteiger partial charge in [-0.15, -0.1) is 0 Å². The molecule has 4 aliphatic rings. The Morgan fingerprint density at radius 2 is 1.68 bits per heavy atom. The van der Waals surface area contributed by atoms with Gasteiger partial charge in [0.2, 0.25) is 0 Å². The lowest BCUT2D eigenvalue weighted by Crippen LogP contribution is -2.61. The molecule has 4 aliphatic carbocycles. The molecule has 0 amide bonds. The van der Waals surface area contributed by atoms with Crippen LogP contribution in [0.25, 0.3) is 0 Å². The number of fused-ring (bicyclic) bond motifs is 5. The van der Waals surface area contributed by atoms with E-state index in [1.54, 1.807) is 37.3 Å². The van der Waals surface area contributed by atoms with Crippen molar-refractivity contribution < 1.29 is 43.6 Å². The summed E-state index contributed by atoms with van der Waals surface area (Å²) in [4.78, 5) is 49.4. The second-order valence-corrected chi connectivity index (χ2v) is 12.9. The second kappa shape index (κ2) is 9.63. The molecule has 0 bridgehead atoms. The third kappa shape index (κ3) is 4.45. The number of carbonyl (C=O) groups is 4. The van der Waals surface area contributed by atoms with Gasteiger partial charge in [0.25, 0.3) is 0 Å².